The number of aliphatic hydroxyl groups excluding tert-OH is 1. The minimum absolute atomic E-state index is 0.0103. The third-order valence-corrected chi connectivity index (χ3v) is 11.2. The van der Waals surface area contributed by atoms with Crippen molar-refractivity contribution in [1.29, 1.82) is 0 Å². The molecule has 0 saturated heterocycles. The predicted molar refractivity (Wildman–Crippen MR) is 157 cm³/mol. The van der Waals surface area contributed by atoms with Gasteiger partial charge in [-0.25, -0.2) is 4.79 Å². The molecule has 3 fully saturated rings. The Morgan fingerprint density at radius 3 is 2.60 bits per heavy atom. The van der Waals surface area contributed by atoms with Crippen molar-refractivity contribution in [3.05, 3.63) is 51.6 Å². The number of fused-ring (bicyclic) bond motifs is 5. The van der Waals surface area contributed by atoms with E-state index in [1.54, 1.807) is 6.92 Å². The fourth-order valence-electron chi connectivity index (χ4n) is 8.99. The summed E-state index contributed by atoms with van der Waals surface area (Å²) < 4.78 is 0. The van der Waals surface area contributed by atoms with E-state index in [4.69, 9.17) is 4.84 Å². The zero-order valence-electron chi connectivity index (χ0n) is 25.0. The number of rotatable bonds is 9. The van der Waals surface area contributed by atoms with Gasteiger partial charge in [-0.05, 0) is 98.5 Å². The third-order valence-electron chi connectivity index (χ3n) is 11.2. The number of hydrogen-bond donors (Lipinski definition) is 3. The Hall–Kier alpha value is -3.60. The van der Waals surface area contributed by atoms with Crippen LogP contribution >= 0.6 is 0 Å². The molecule has 0 aliphatic heterocycles. The lowest BCUT2D eigenvalue weighted by molar-refractivity contribution is -0.385. The molecule has 0 spiro atoms. The van der Waals surface area contributed by atoms with Gasteiger partial charge in [-0.15, -0.1) is 0 Å². The van der Waals surface area contributed by atoms with E-state index in [2.05, 4.69) is 30.4 Å². The minimum atomic E-state index is -1.73. The van der Waals surface area contributed by atoms with E-state index in [9.17, 15) is 34.7 Å². The number of ketones is 1. The maximum atomic E-state index is 12.5. The summed E-state index contributed by atoms with van der Waals surface area (Å²) in [4.78, 5) is 52.4. The minimum Gasteiger partial charge on any atom is -0.480 e. The maximum Gasteiger partial charge on any atom is 0.329 e. The molecule has 0 heterocycles. The molecule has 8 atom stereocenters. The highest BCUT2D eigenvalue weighted by atomic mass is 16.6. The van der Waals surface area contributed by atoms with Crippen LogP contribution in [-0.4, -0.2) is 51.2 Å². The second-order valence-corrected chi connectivity index (χ2v) is 13.3. The number of amides is 1. The van der Waals surface area contributed by atoms with Crippen LogP contribution in [0.25, 0.3) is 0 Å². The molecule has 0 radical (unpaired) electrons. The van der Waals surface area contributed by atoms with E-state index in [1.807, 2.05) is 0 Å². The maximum absolute atomic E-state index is 12.5. The van der Waals surface area contributed by atoms with Crippen LogP contribution in [0.4, 0.5) is 5.69 Å². The van der Waals surface area contributed by atoms with Crippen molar-refractivity contribution >= 4 is 29.1 Å². The first kappa shape index (κ1) is 30.8. The molecular formula is C32H41N3O8. The Bertz CT molecular complexity index is 1370. The van der Waals surface area contributed by atoms with E-state index in [0.717, 1.165) is 56.7 Å². The predicted octanol–water partition coefficient (Wildman–Crippen LogP) is 4.74. The third kappa shape index (κ3) is 5.71. The summed E-state index contributed by atoms with van der Waals surface area (Å²) in [5.41, 5.74) is 1.98. The highest BCUT2D eigenvalue weighted by molar-refractivity contribution is 5.96. The van der Waals surface area contributed by atoms with Gasteiger partial charge in [0.2, 0.25) is 0 Å². The number of carboxylic acids is 1. The number of Topliss-reactive ketones (excluding diaryl/α,β-unsaturated/α-hetero) is 1. The van der Waals surface area contributed by atoms with Crippen molar-refractivity contribution in [3.63, 3.8) is 0 Å². The number of hydrogen-bond acceptors (Lipinski definition) is 8. The fourth-order valence-corrected chi connectivity index (χ4v) is 8.99. The molecule has 5 rings (SSSR count). The summed E-state index contributed by atoms with van der Waals surface area (Å²) in [6.07, 6.45) is 8.50. The van der Waals surface area contributed by atoms with Crippen molar-refractivity contribution in [3.8, 4) is 0 Å². The van der Waals surface area contributed by atoms with Crippen molar-refractivity contribution < 1.29 is 34.4 Å². The van der Waals surface area contributed by atoms with Crippen molar-refractivity contribution in [2.75, 3.05) is 6.61 Å². The number of nitro benzene ring substituents is 1. The van der Waals surface area contributed by atoms with Crippen molar-refractivity contribution in [2.45, 2.75) is 84.3 Å². The number of aliphatic hydroxyl groups is 1. The molecule has 1 amide bonds. The molecule has 4 aliphatic carbocycles. The first-order valence-electron chi connectivity index (χ1n) is 15.2. The summed E-state index contributed by atoms with van der Waals surface area (Å²) >= 11 is 0. The van der Waals surface area contributed by atoms with Gasteiger partial charge in [0.15, 0.2) is 12.6 Å². The monoisotopic (exact) mass is 595 g/mol. The lowest BCUT2D eigenvalue weighted by Crippen LogP contribution is -2.51. The zero-order chi connectivity index (χ0) is 31.1. The molecule has 3 N–H and O–H groups in total. The van der Waals surface area contributed by atoms with Gasteiger partial charge >= 0.3 is 5.97 Å². The summed E-state index contributed by atoms with van der Waals surface area (Å²) in [5.74, 6) is 0.0504. The van der Waals surface area contributed by atoms with Gasteiger partial charge in [0.1, 0.15) is 11.9 Å². The van der Waals surface area contributed by atoms with Crippen LogP contribution in [0.2, 0.25) is 0 Å². The van der Waals surface area contributed by atoms with Crippen LogP contribution < -0.4 is 5.32 Å². The Balaban J connectivity index is 1.20. The smallest absolute Gasteiger partial charge is 0.329 e. The molecule has 232 valence electrons. The number of carbonyl (C=O) groups is 3. The lowest BCUT2D eigenvalue weighted by Gasteiger charge is -2.58. The number of nitrogens with zero attached hydrogens (tertiary/aromatic N) is 2. The molecule has 1 aromatic carbocycles. The van der Waals surface area contributed by atoms with E-state index in [1.165, 1.54) is 23.8 Å². The number of carbonyl (C=O) groups excluding carboxylic acids is 2. The first-order chi connectivity index (χ1) is 20.3. The van der Waals surface area contributed by atoms with Crippen molar-refractivity contribution in [1.82, 2.24) is 5.32 Å². The second-order valence-electron chi connectivity index (χ2n) is 13.3. The number of non-ortho nitro benzene ring substituents is 1. The van der Waals surface area contributed by atoms with Gasteiger partial charge in [0.25, 0.3) is 11.6 Å². The molecule has 0 aromatic heterocycles. The summed E-state index contributed by atoms with van der Waals surface area (Å²) in [6.45, 7) is 5.94. The van der Waals surface area contributed by atoms with Gasteiger partial charge in [-0.1, -0.05) is 36.7 Å². The Labute approximate surface area is 250 Å². The largest absolute Gasteiger partial charge is 0.480 e. The van der Waals surface area contributed by atoms with E-state index >= 15 is 0 Å². The van der Waals surface area contributed by atoms with Crippen LogP contribution in [-0.2, 0) is 19.2 Å². The van der Waals surface area contributed by atoms with Gasteiger partial charge < -0.3 is 20.4 Å². The number of nitro groups is 1. The SMILES string of the molecule is CC(=O)[C@@H]1CC[C@@H]2[C@H]3CCC4=C/C(=N\OCC(=O)N[C@@H](C(=O)O)[C@@H](O)c5cccc([N+](=O)[O-])c5)CC[C@]4(C)[C@@H]3CC[C@@]21C. The molecular weight excluding hydrogens is 554 g/mol. The van der Waals surface area contributed by atoms with E-state index in [-0.39, 0.29) is 28.0 Å². The Kier molecular flexibility index (Phi) is 8.48. The van der Waals surface area contributed by atoms with Crippen LogP contribution in [0.1, 0.15) is 83.8 Å². The average molecular weight is 596 g/mol. The second kappa shape index (κ2) is 11.8. The standard InChI is InChI=1S/C32H41N3O8/c1-18(36)24-9-10-25-23-8-7-20-16-21(11-13-31(20,2)26(23)12-14-32(24,25)3)34-43-17-27(37)33-28(30(39)40)29(38)19-5-4-6-22(15-19)35(41)42/h4-6,15-16,23-26,28-29,38H,7-14,17H2,1-3H3,(H,33,37)(H,39,40)/b34-21-/t23-,24+,25-,26-,28-,29+,31+,32-/m1/s1. The van der Waals surface area contributed by atoms with Crippen LogP contribution in [0.15, 0.2) is 41.1 Å². The number of benzene rings is 1. The average Bonchev–Trinajstić information content (AvgIpc) is 3.33. The molecule has 1 aromatic rings. The Morgan fingerprint density at radius 1 is 1.14 bits per heavy atom. The molecule has 11 nitrogen and oxygen atoms in total. The first-order valence-corrected chi connectivity index (χ1v) is 15.2. The normalized spacial score (nSPS) is 33.7. The highest BCUT2D eigenvalue weighted by Gasteiger charge is 2.59. The quantitative estimate of drug-likeness (QED) is 0.272. The number of nitrogens with one attached hydrogen (secondary N) is 1. The summed E-state index contributed by atoms with van der Waals surface area (Å²) in [6, 6.07) is 3.23. The van der Waals surface area contributed by atoms with Gasteiger partial charge in [0.05, 0.1) is 10.6 Å². The van der Waals surface area contributed by atoms with E-state index in [0.29, 0.717) is 30.0 Å². The van der Waals surface area contributed by atoms with Crippen molar-refractivity contribution in [2.24, 2.45) is 39.7 Å². The summed E-state index contributed by atoms with van der Waals surface area (Å²) in [5, 5.41) is 37.6. The number of carboxylic acid groups (broad SMARTS) is 1. The van der Waals surface area contributed by atoms with Gasteiger partial charge in [-0.2, -0.15) is 0 Å². The molecule has 4 aliphatic rings. The zero-order valence-corrected chi connectivity index (χ0v) is 25.0. The molecule has 3 saturated carbocycles. The number of allylic oxidation sites excluding steroid dienone is 2. The fraction of sp³-hybridized carbons (Fsp3) is 0.625. The van der Waals surface area contributed by atoms with Gasteiger partial charge in [-0.3, -0.25) is 19.7 Å². The number of oxime groups is 1. The van der Waals surface area contributed by atoms with Crippen LogP contribution in [0.5, 0.6) is 0 Å². The highest BCUT2D eigenvalue weighted by Crippen LogP contribution is 2.66. The summed E-state index contributed by atoms with van der Waals surface area (Å²) in [7, 11) is 0. The van der Waals surface area contributed by atoms with Gasteiger partial charge in [0, 0.05) is 18.1 Å². The molecule has 43 heavy (non-hydrogen) atoms. The van der Waals surface area contributed by atoms with Crippen LogP contribution in [0.3, 0.4) is 0 Å². The molecule has 0 bridgehead atoms. The lowest BCUT2D eigenvalue weighted by atomic mass is 9.46. The molecule has 11 heteroatoms. The molecule has 0 unspecified atom stereocenters. The topological polar surface area (TPSA) is 168 Å². The van der Waals surface area contributed by atoms with E-state index < -0.39 is 35.6 Å². The number of aliphatic carboxylic acids is 1. The Morgan fingerprint density at radius 2 is 1.91 bits per heavy atom. The van der Waals surface area contributed by atoms with Crippen LogP contribution in [0, 0.1) is 44.6 Å².